The van der Waals surface area contributed by atoms with Crippen LogP contribution >= 0.6 is 11.3 Å². The summed E-state index contributed by atoms with van der Waals surface area (Å²) in [5.41, 5.74) is 2.07. The van der Waals surface area contributed by atoms with Gasteiger partial charge in [0.05, 0.1) is 24.0 Å². The third-order valence-corrected chi connectivity index (χ3v) is 6.22. The number of hydrogen-bond acceptors (Lipinski definition) is 4. The molecule has 1 aromatic heterocycles. The molecule has 1 N–H and O–H groups in total. The van der Waals surface area contributed by atoms with Crippen LogP contribution in [0.3, 0.4) is 0 Å². The SMILES string of the molecule is O=C(O)C1CN(C(=O)c2cc3c(s2)CCOC3)CC1c1ccccc1. The number of thiophene rings is 1. The molecule has 130 valence electrons. The molecule has 0 saturated carbocycles. The van der Waals surface area contributed by atoms with Crippen LogP contribution in [0, 0.1) is 5.92 Å². The minimum atomic E-state index is -0.844. The minimum Gasteiger partial charge on any atom is -0.481 e. The fourth-order valence-corrected chi connectivity index (χ4v) is 4.78. The molecule has 0 spiro atoms. The quantitative estimate of drug-likeness (QED) is 0.917. The van der Waals surface area contributed by atoms with Gasteiger partial charge in [-0.3, -0.25) is 9.59 Å². The Morgan fingerprint density at radius 3 is 2.72 bits per heavy atom. The highest BCUT2D eigenvalue weighted by atomic mass is 32.1. The number of benzene rings is 1. The normalized spacial score (nSPS) is 22.6. The van der Waals surface area contributed by atoms with Gasteiger partial charge in [0, 0.05) is 30.3 Å². The summed E-state index contributed by atoms with van der Waals surface area (Å²) in [6.45, 7) is 1.96. The molecule has 0 radical (unpaired) electrons. The van der Waals surface area contributed by atoms with Crippen molar-refractivity contribution in [1.82, 2.24) is 4.90 Å². The topological polar surface area (TPSA) is 66.8 Å². The number of carboxylic acids is 1. The number of ether oxygens (including phenoxy) is 1. The van der Waals surface area contributed by atoms with Gasteiger partial charge in [0.15, 0.2) is 0 Å². The second kappa shape index (κ2) is 6.61. The van der Waals surface area contributed by atoms with E-state index in [1.54, 1.807) is 4.90 Å². The molecule has 6 heteroatoms. The van der Waals surface area contributed by atoms with E-state index in [9.17, 15) is 14.7 Å². The van der Waals surface area contributed by atoms with Gasteiger partial charge in [-0.1, -0.05) is 30.3 Å². The molecule has 1 aromatic carbocycles. The second-order valence-corrected chi connectivity index (χ2v) is 7.67. The molecule has 1 fully saturated rings. The van der Waals surface area contributed by atoms with Gasteiger partial charge >= 0.3 is 5.97 Å². The van der Waals surface area contributed by atoms with Crippen LogP contribution in [0.25, 0.3) is 0 Å². The predicted molar refractivity (Wildman–Crippen MR) is 93.9 cm³/mol. The Labute approximate surface area is 149 Å². The summed E-state index contributed by atoms with van der Waals surface area (Å²) in [5.74, 6) is -1.64. The lowest BCUT2D eigenvalue weighted by Crippen LogP contribution is -2.29. The number of rotatable bonds is 3. The molecular formula is C19H19NO4S. The van der Waals surface area contributed by atoms with E-state index < -0.39 is 11.9 Å². The lowest BCUT2D eigenvalue weighted by atomic mass is 9.89. The Morgan fingerprint density at radius 1 is 1.20 bits per heavy atom. The highest BCUT2D eigenvalue weighted by Gasteiger charge is 2.41. The molecule has 0 aliphatic carbocycles. The van der Waals surface area contributed by atoms with Gasteiger partial charge in [0.1, 0.15) is 0 Å². The third kappa shape index (κ3) is 3.07. The monoisotopic (exact) mass is 357 g/mol. The third-order valence-electron chi connectivity index (χ3n) is 4.99. The smallest absolute Gasteiger partial charge is 0.308 e. The van der Waals surface area contributed by atoms with Crippen LogP contribution in [0.1, 0.15) is 31.6 Å². The summed E-state index contributed by atoms with van der Waals surface area (Å²) in [6.07, 6.45) is 0.845. The maximum Gasteiger partial charge on any atom is 0.308 e. The Morgan fingerprint density at radius 2 is 2.00 bits per heavy atom. The number of nitrogens with zero attached hydrogens (tertiary/aromatic N) is 1. The Hall–Kier alpha value is -2.18. The molecule has 25 heavy (non-hydrogen) atoms. The van der Waals surface area contributed by atoms with Crippen molar-refractivity contribution in [3.05, 3.63) is 57.3 Å². The summed E-state index contributed by atoms with van der Waals surface area (Å²) in [5, 5.41) is 9.60. The van der Waals surface area contributed by atoms with Crippen molar-refractivity contribution in [1.29, 1.82) is 0 Å². The first-order valence-electron chi connectivity index (χ1n) is 8.40. The van der Waals surface area contributed by atoms with Gasteiger partial charge < -0.3 is 14.7 Å². The average Bonchev–Trinajstić information content (AvgIpc) is 3.26. The highest BCUT2D eigenvalue weighted by Crippen LogP contribution is 2.35. The molecule has 3 heterocycles. The lowest BCUT2D eigenvalue weighted by Gasteiger charge is -2.15. The first kappa shape index (κ1) is 16.3. The number of amides is 1. The molecule has 2 unspecified atom stereocenters. The van der Waals surface area contributed by atoms with Crippen LogP contribution in [0.5, 0.6) is 0 Å². The first-order chi connectivity index (χ1) is 12.1. The van der Waals surface area contributed by atoms with Crippen molar-refractivity contribution >= 4 is 23.2 Å². The number of fused-ring (bicyclic) bond motifs is 1. The summed E-state index contributed by atoms with van der Waals surface area (Å²) in [4.78, 5) is 28.2. The van der Waals surface area contributed by atoms with E-state index in [2.05, 4.69) is 0 Å². The number of aliphatic carboxylic acids is 1. The first-order valence-corrected chi connectivity index (χ1v) is 9.21. The zero-order valence-electron chi connectivity index (χ0n) is 13.7. The Balaban J connectivity index is 1.57. The van der Waals surface area contributed by atoms with Gasteiger partial charge in [-0.25, -0.2) is 0 Å². The van der Waals surface area contributed by atoms with Gasteiger partial charge in [0.25, 0.3) is 5.91 Å². The molecule has 1 amide bonds. The van der Waals surface area contributed by atoms with E-state index in [0.29, 0.717) is 24.6 Å². The molecule has 2 aliphatic rings. The molecule has 0 bridgehead atoms. The average molecular weight is 357 g/mol. The largest absolute Gasteiger partial charge is 0.481 e. The van der Waals surface area contributed by atoms with E-state index in [-0.39, 0.29) is 18.4 Å². The Kier molecular flexibility index (Phi) is 4.31. The van der Waals surface area contributed by atoms with Crippen molar-refractivity contribution in [3.8, 4) is 0 Å². The van der Waals surface area contributed by atoms with Gasteiger partial charge in [-0.05, 0) is 17.2 Å². The molecule has 2 atom stereocenters. The van der Waals surface area contributed by atoms with Gasteiger partial charge in [0.2, 0.25) is 0 Å². The minimum absolute atomic E-state index is 0.0657. The van der Waals surface area contributed by atoms with Gasteiger partial charge in [-0.2, -0.15) is 0 Å². The van der Waals surface area contributed by atoms with Crippen molar-refractivity contribution in [2.75, 3.05) is 19.7 Å². The zero-order valence-corrected chi connectivity index (χ0v) is 14.5. The van der Waals surface area contributed by atoms with E-state index in [4.69, 9.17) is 4.74 Å². The number of carbonyl (C=O) groups is 2. The summed E-state index contributed by atoms with van der Waals surface area (Å²) < 4.78 is 5.44. The number of carboxylic acid groups (broad SMARTS) is 1. The molecule has 1 saturated heterocycles. The molecule has 2 aromatic rings. The van der Waals surface area contributed by atoms with E-state index in [1.807, 2.05) is 36.4 Å². The summed E-state index contributed by atoms with van der Waals surface area (Å²) in [7, 11) is 0. The van der Waals surface area contributed by atoms with E-state index >= 15 is 0 Å². The highest BCUT2D eigenvalue weighted by molar-refractivity contribution is 7.14. The van der Waals surface area contributed by atoms with Crippen molar-refractivity contribution in [3.63, 3.8) is 0 Å². The van der Waals surface area contributed by atoms with Crippen LogP contribution in [0.15, 0.2) is 36.4 Å². The van der Waals surface area contributed by atoms with Crippen LogP contribution in [0.4, 0.5) is 0 Å². The van der Waals surface area contributed by atoms with Crippen molar-refractivity contribution in [2.24, 2.45) is 5.92 Å². The molecule has 4 rings (SSSR count). The van der Waals surface area contributed by atoms with Crippen molar-refractivity contribution in [2.45, 2.75) is 18.9 Å². The predicted octanol–water partition coefficient (Wildman–Crippen LogP) is 2.76. The van der Waals surface area contributed by atoms with Crippen LogP contribution < -0.4 is 0 Å². The number of likely N-dealkylation sites (tertiary alicyclic amines) is 1. The maximum absolute atomic E-state index is 12.9. The molecule has 2 aliphatic heterocycles. The fourth-order valence-electron chi connectivity index (χ4n) is 3.67. The summed E-state index contributed by atoms with van der Waals surface area (Å²) in [6, 6.07) is 11.5. The van der Waals surface area contributed by atoms with Crippen LogP contribution in [0.2, 0.25) is 0 Å². The maximum atomic E-state index is 12.9. The standard InChI is InChI=1S/C19H19NO4S/c21-18(17-8-13-11-24-7-6-16(13)25-17)20-9-14(15(10-20)19(22)23)12-4-2-1-3-5-12/h1-5,8,14-15H,6-7,9-11H2,(H,22,23). The fraction of sp³-hybridized carbons (Fsp3) is 0.368. The van der Waals surface area contributed by atoms with Gasteiger partial charge in [-0.15, -0.1) is 11.3 Å². The van der Waals surface area contributed by atoms with Crippen LogP contribution in [-0.2, 0) is 22.6 Å². The lowest BCUT2D eigenvalue weighted by molar-refractivity contribution is -0.141. The van der Waals surface area contributed by atoms with Crippen molar-refractivity contribution < 1.29 is 19.4 Å². The van der Waals surface area contributed by atoms with E-state index in [1.165, 1.54) is 16.2 Å². The second-order valence-electron chi connectivity index (χ2n) is 6.53. The molecular weight excluding hydrogens is 338 g/mol. The summed E-state index contributed by atoms with van der Waals surface area (Å²) >= 11 is 1.52. The Bertz CT molecular complexity index is 778. The zero-order chi connectivity index (χ0) is 17.4. The van der Waals surface area contributed by atoms with E-state index in [0.717, 1.165) is 17.5 Å². The number of hydrogen-bond donors (Lipinski definition) is 1. The van der Waals surface area contributed by atoms with Crippen LogP contribution in [-0.4, -0.2) is 41.6 Å². The molecule has 5 nitrogen and oxygen atoms in total. The number of carbonyl (C=O) groups excluding carboxylic acids is 1.